The molecule has 0 unspecified atom stereocenters. The third-order valence-electron chi connectivity index (χ3n) is 1.23. The Morgan fingerprint density at radius 2 is 2.17 bits per heavy atom. The lowest BCUT2D eigenvalue weighted by molar-refractivity contribution is -0.387. The van der Waals surface area contributed by atoms with Crippen molar-refractivity contribution in [3.8, 4) is 5.75 Å². The average molecular weight is 192 g/mol. The minimum absolute atomic E-state index is 0.338. The fraction of sp³-hybridized carbons (Fsp3) is 0. The van der Waals surface area contributed by atoms with E-state index < -0.39 is 22.2 Å². The summed E-state index contributed by atoms with van der Waals surface area (Å²) < 4.78 is 12.7. The number of rotatable bonds is 1. The Morgan fingerprint density at radius 1 is 1.58 bits per heavy atom. The van der Waals surface area contributed by atoms with Gasteiger partial charge in [0.25, 0.3) is 0 Å². The van der Waals surface area contributed by atoms with Crippen LogP contribution in [0.4, 0.5) is 10.1 Å². The van der Waals surface area contributed by atoms with Crippen molar-refractivity contribution in [2.45, 2.75) is 0 Å². The van der Waals surface area contributed by atoms with Crippen LogP contribution in [0.2, 0.25) is 5.02 Å². The van der Waals surface area contributed by atoms with E-state index in [1.807, 2.05) is 0 Å². The summed E-state index contributed by atoms with van der Waals surface area (Å²) in [5.41, 5.74) is -0.906. The summed E-state index contributed by atoms with van der Waals surface area (Å²) in [6, 6.07) is 2.00. The van der Waals surface area contributed by atoms with Crippen LogP contribution in [-0.4, -0.2) is 10.0 Å². The summed E-state index contributed by atoms with van der Waals surface area (Å²) in [5, 5.41) is 18.6. The predicted octanol–water partition coefficient (Wildman–Crippen LogP) is 2.09. The van der Waals surface area contributed by atoms with Gasteiger partial charge in [0, 0.05) is 0 Å². The molecule has 0 aliphatic rings. The van der Waals surface area contributed by atoms with Crippen molar-refractivity contribution in [3.05, 3.63) is 33.1 Å². The lowest BCUT2D eigenvalue weighted by Gasteiger charge is -1.97. The van der Waals surface area contributed by atoms with Crippen LogP contribution in [0, 0.1) is 15.9 Å². The molecule has 0 amide bonds. The van der Waals surface area contributed by atoms with Crippen LogP contribution in [0.5, 0.6) is 5.75 Å². The van der Waals surface area contributed by atoms with E-state index >= 15 is 0 Å². The summed E-state index contributed by atoms with van der Waals surface area (Å²) in [6.45, 7) is 0. The van der Waals surface area contributed by atoms with Gasteiger partial charge in [-0.15, -0.1) is 0 Å². The van der Waals surface area contributed by atoms with Crippen molar-refractivity contribution in [2.75, 3.05) is 0 Å². The van der Waals surface area contributed by atoms with Gasteiger partial charge in [-0.25, -0.2) is 0 Å². The molecule has 0 saturated carbocycles. The highest BCUT2D eigenvalue weighted by molar-refractivity contribution is 6.32. The van der Waals surface area contributed by atoms with Crippen LogP contribution >= 0.6 is 11.6 Å². The molecule has 0 aromatic heterocycles. The van der Waals surface area contributed by atoms with Gasteiger partial charge in [-0.1, -0.05) is 11.6 Å². The molecule has 0 heterocycles. The normalized spacial score (nSPS) is 9.83. The van der Waals surface area contributed by atoms with Gasteiger partial charge in [0.2, 0.25) is 5.82 Å². The first-order chi connectivity index (χ1) is 5.54. The van der Waals surface area contributed by atoms with Crippen LogP contribution in [0.1, 0.15) is 0 Å². The van der Waals surface area contributed by atoms with Crippen molar-refractivity contribution >= 4 is 17.3 Å². The molecule has 4 nitrogen and oxygen atoms in total. The summed E-state index contributed by atoms with van der Waals surface area (Å²) in [7, 11) is 0. The van der Waals surface area contributed by atoms with E-state index in [0.29, 0.717) is 0 Å². The molecule has 0 saturated heterocycles. The van der Waals surface area contributed by atoms with E-state index in [1.54, 1.807) is 0 Å². The fourth-order valence-electron chi connectivity index (χ4n) is 0.698. The Labute approximate surface area is 71.3 Å². The molecule has 0 radical (unpaired) electrons. The van der Waals surface area contributed by atoms with Gasteiger partial charge in [0.1, 0.15) is 5.02 Å². The number of benzene rings is 1. The van der Waals surface area contributed by atoms with Gasteiger partial charge in [0.15, 0.2) is 5.75 Å². The number of nitrogens with zero attached hydrogens (tertiary/aromatic N) is 1. The standard InChI is InChI=1S/C6H3ClFNO3/c7-3-1-2-4(10)5(8)6(3)9(11)12/h1-2,10H. The number of hydrogen-bond donors (Lipinski definition) is 1. The highest BCUT2D eigenvalue weighted by atomic mass is 35.5. The van der Waals surface area contributed by atoms with E-state index in [4.69, 9.17) is 16.7 Å². The largest absolute Gasteiger partial charge is 0.505 e. The smallest absolute Gasteiger partial charge is 0.327 e. The molecule has 6 heteroatoms. The van der Waals surface area contributed by atoms with Crippen LogP contribution in [0.3, 0.4) is 0 Å². The number of hydrogen-bond acceptors (Lipinski definition) is 3. The quantitative estimate of drug-likeness (QED) is 0.546. The predicted molar refractivity (Wildman–Crippen MR) is 39.7 cm³/mol. The lowest BCUT2D eigenvalue weighted by atomic mass is 10.3. The summed E-state index contributed by atoms with van der Waals surface area (Å²) in [5.74, 6) is -2.10. The molecule has 1 rings (SSSR count). The zero-order valence-electron chi connectivity index (χ0n) is 5.62. The molecule has 12 heavy (non-hydrogen) atoms. The molecular weight excluding hydrogens is 189 g/mol. The topological polar surface area (TPSA) is 63.4 Å². The molecule has 64 valence electrons. The number of nitro benzene ring substituents is 1. The molecule has 0 fully saturated rings. The molecule has 0 atom stereocenters. The monoisotopic (exact) mass is 191 g/mol. The molecule has 1 aromatic carbocycles. The second-order valence-electron chi connectivity index (χ2n) is 1.99. The molecule has 0 bridgehead atoms. The Kier molecular flexibility index (Phi) is 2.14. The lowest BCUT2D eigenvalue weighted by Crippen LogP contribution is -1.93. The average Bonchev–Trinajstić information content (AvgIpc) is 1.97. The molecule has 1 N–H and O–H groups in total. The molecule has 1 aromatic rings. The third kappa shape index (κ3) is 1.31. The Balaban J connectivity index is 3.43. The number of phenolic OH excluding ortho intramolecular Hbond substituents is 1. The van der Waals surface area contributed by atoms with Crippen molar-refractivity contribution in [1.29, 1.82) is 0 Å². The van der Waals surface area contributed by atoms with E-state index in [-0.39, 0.29) is 5.02 Å². The molecular formula is C6H3ClFNO3. The maximum absolute atomic E-state index is 12.7. The number of aromatic hydroxyl groups is 1. The summed E-state index contributed by atoms with van der Waals surface area (Å²) >= 11 is 5.30. The SMILES string of the molecule is O=[N+]([O-])c1c(Cl)ccc(O)c1F. The molecule has 0 aliphatic carbocycles. The van der Waals surface area contributed by atoms with E-state index in [2.05, 4.69) is 0 Å². The van der Waals surface area contributed by atoms with E-state index in [9.17, 15) is 14.5 Å². The van der Waals surface area contributed by atoms with Gasteiger partial charge < -0.3 is 5.11 Å². The second-order valence-corrected chi connectivity index (χ2v) is 2.39. The van der Waals surface area contributed by atoms with Crippen LogP contribution < -0.4 is 0 Å². The zero-order valence-corrected chi connectivity index (χ0v) is 6.38. The van der Waals surface area contributed by atoms with Crippen molar-refractivity contribution < 1.29 is 14.4 Å². The minimum atomic E-state index is -1.31. The van der Waals surface area contributed by atoms with Gasteiger partial charge in [-0.3, -0.25) is 10.1 Å². The van der Waals surface area contributed by atoms with E-state index in [0.717, 1.165) is 12.1 Å². The first-order valence-corrected chi connectivity index (χ1v) is 3.23. The molecule has 0 aliphatic heterocycles. The minimum Gasteiger partial charge on any atom is -0.505 e. The maximum Gasteiger partial charge on any atom is 0.327 e. The van der Waals surface area contributed by atoms with E-state index in [1.165, 1.54) is 0 Å². The van der Waals surface area contributed by atoms with Gasteiger partial charge in [0.05, 0.1) is 4.92 Å². The fourth-order valence-corrected chi connectivity index (χ4v) is 0.913. The first-order valence-electron chi connectivity index (χ1n) is 2.85. The second kappa shape index (κ2) is 2.94. The van der Waals surface area contributed by atoms with Gasteiger partial charge >= 0.3 is 5.69 Å². The Morgan fingerprint density at radius 3 is 2.58 bits per heavy atom. The first kappa shape index (κ1) is 8.73. The number of halogens is 2. The maximum atomic E-state index is 12.7. The molecule has 0 spiro atoms. The van der Waals surface area contributed by atoms with Gasteiger partial charge in [-0.2, -0.15) is 4.39 Å². The summed E-state index contributed by atoms with van der Waals surface area (Å²) in [4.78, 5) is 9.18. The van der Waals surface area contributed by atoms with Crippen molar-refractivity contribution in [2.24, 2.45) is 0 Å². The van der Waals surface area contributed by atoms with Gasteiger partial charge in [-0.05, 0) is 12.1 Å². The summed E-state index contributed by atoms with van der Waals surface area (Å²) in [6.07, 6.45) is 0. The number of phenols is 1. The Bertz CT molecular complexity index is 342. The van der Waals surface area contributed by atoms with Crippen molar-refractivity contribution in [3.63, 3.8) is 0 Å². The number of nitro groups is 1. The van der Waals surface area contributed by atoms with Crippen molar-refractivity contribution in [1.82, 2.24) is 0 Å². The Hall–Kier alpha value is -1.36. The van der Waals surface area contributed by atoms with Crippen LogP contribution in [0.15, 0.2) is 12.1 Å². The highest BCUT2D eigenvalue weighted by Gasteiger charge is 2.21. The zero-order chi connectivity index (χ0) is 9.30. The van der Waals surface area contributed by atoms with Crippen LogP contribution in [-0.2, 0) is 0 Å². The highest BCUT2D eigenvalue weighted by Crippen LogP contribution is 2.32. The van der Waals surface area contributed by atoms with Crippen LogP contribution in [0.25, 0.3) is 0 Å². The third-order valence-corrected chi connectivity index (χ3v) is 1.53.